The fraction of sp³-hybridized carbons (Fsp3) is 0.395. The van der Waals surface area contributed by atoms with Gasteiger partial charge in [-0.25, -0.2) is 14.8 Å². The number of imidazole rings is 1. The van der Waals surface area contributed by atoms with E-state index >= 15 is 0 Å². The van der Waals surface area contributed by atoms with Crippen molar-refractivity contribution < 1.29 is 28.3 Å². The molecule has 2 aliphatic rings. The first-order chi connectivity index (χ1) is 27.4. The minimum Gasteiger partial charge on any atom is -0.453 e. The van der Waals surface area contributed by atoms with Crippen LogP contribution in [0.5, 0.6) is 0 Å². The van der Waals surface area contributed by atoms with Crippen LogP contribution in [0.15, 0.2) is 77.3 Å². The Balaban J connectivity index is 1.06. The Labute approximate surface area is 332 Å². The first-order valence-electron chi connectivity index (χ1n) is 19.5. The van der Waals surface area contributed by atoms with Crippen molar-refractivity contribution in [3.05, 3.63) is 89.9 Å². The van der Waals surface area contributed by atoms with Crippen LogP contribution in [0.1, 0.15) is 68.6 Å². The average molecular weight is 775 g/mol. The molecule has 298 valence electrons. The van der Waals surface area contributed by atoms with Gasteiger partial charge < -0.3 is 34.6 Å². The van der Waals surface area contributed by atoms with Crippen LogP contribution >= 0.6 is 0 Å². The molecule has 2 aromatic heterocycles. The van der Waals surface area contributed by atoms with Gasteiger partial charge in [-0.15, -0.1) is 0 Å². The zero-order chi connectivity index (χ0) is 40.4. The standard InChI is InChI=1S/C43H50N8O6/c1-25(2)36(48-43(55)56-6)41(53)51-21-11-15-34(51)39(52)47-31-23-29(17-16-26(31)3)40-44-24-35(57-40)28-18-19-30-32(22-28)46-38(45-30)33-14-10-20-50(33)42(54)37(49(4)5)27-12-8-7-9-13-27/h7-9,12-13,16-19,22-25,33-34,36-37H,10-11,14-15,20-21H2,1-6H3,(H,45,46)(H,47,52)(H,48,55)/t33-,34-,36-,37+/m0/s1. The molecule has 4 atom stereocenters. The summed E-state index contributed by atoms with van der Waals surface area (Å²) in [7, 11) is 5.11. The number of hydrogen-bond acceptors (Lipinski definition) is 9. The number of anilines is 1. The zero-order valence-corrected chi connectivity index (χ0v) is 33.2. The van der Waals surface area contributed by atoms with Crippen molar-refractivity contribution in [3.8, 4) is 22.8 Å². The number of aromatic amines is 1. The molecule has 0 unspecified atom stereocenters. The second kappa shape index (κ2) is 16.6. The number of carbonyl (C=O) groups excluding carboxylic acids is 4. The maximum atomic E-state index is 14.0. The van der Waals surface area contributed by atoms with Crippen LogP contribution in [0, 0.1) is 12.8 Å². The average Bonchev–Trinajstić information content (AvgIpc) is 4.04. The number of amides is 4. The topological polar surface area (TPSA) is 166 Å². The van der Waals surface area contributed by atoms with E-state index in [9.17, 15) is 19.2 Å². The summed E-state index contributed by atoms with van der Waals surface area (Å²) in [6, 6.07) is 19.2. The normalized spacial score (nSPS) is 18.0. The molecule has 0 spiro atoms. The Hall–Kier alpha value is -6.02. The summed E-state index contributed by atoms with van der Waals surface area (Å²) < 4.78 is 11.0. The third kappa shape index (κ3) is 8.13. The molecule has 14 nitrogen and oxygen atoms in total. The molecule has 0 bridgehead atoms. The summed E-state index contributed by atoms with van der Waals surface area (Å²) in [5.41, 5.74) is 5.47. The second-order valence-electron chi connectivity index (χ2n) is 15.4. The molecule has 0 saturated carbocycles. The van der Waals surface area contributed by atoms with Crippen molar-refractivity contribution in [2.24, 2.45) is 5.92 Å². The number of alkyl carbamates (subject to hydrolysis) is 1. The maximum absolute atomic E-state index is 14.0. The number of benzene rings is 3. The number of hydrogen-bond donors (Lipinski definition) is 3. The van der Waals surface area contributed by atoms with E-state index in [1.165, 1.54) is 7.11 Å². The van der Waals surface area contributed by atoms with Gasteiger partial charge >= 0.3 is 6.09 Å². The Morgan fingerprint density at radius 3 is 2.40 bits per heavy atom. The lowest BCUT2D eigenvalue weighted by atomic mass is 10.0. The Kier molecular flexibility index (Phi) is 11.4. The van der Waals surface area contributed by atoms with E-state index in [1.807, 2.05) is 111 Å². The van der Waals surface area contributed by atoms with Crippen molar-refractivity contribution in [2.75, 3.05) is 39.6 Å². The van der Waals surface area contributed by atoms with Gasteiger partial charge in [-0.3, -0.25) is 19.3 Å². The van der Waals surface area contributed by atoms with Crippen molar-refractivity contribution in [1.82, 2.24) is 35.0 Å². The van der Waals surface area contributed by atoms with E-state index in [-0.39, 0.29) is 29.7 Å². The van der Waals surface area contributed by atoms with Crippen molar-refractivity contribution in [2.45, 2.75) is 70.6 Å². The number of rotatable bonds is 11. The highest BCUT2D eigenvalue weighted by Crippen LogP contribution is 2.36. The van der Waals surface area contributed by atoms with Gasteiger partial charge in [0.2, 0.25) is 23.6 Å². The minimum absolute atomic E-state index is 0.0586. The summed E-state index contributed by atoms with van der Waals surface area (Å²) in [4.78, 5) is 71.6. The molecular formula is C43H50N8O6. The minimum atomic E-state index is -0.819. The van der Waals surface area contributed by atoms with E-state index in [1.54, 1.807) is 11.1 Å². The predicted molar refractivity (Wildman–Crippen MR) is 216 cm³/mol. The molecule has 4 amide bonds. The van der Waals surface area contributed by atoms with Gasteiger partial charge in [0.25, 0.3) is 0 Å². The molecule has 3 aromatic carbocycles. The van der Waals surface area contributed by atoms with E-state index in [0.29, 0.717) is 48.8 Å². The third-order valence-corrected chi connectivity index (χ3v) is 11.0. The van der Waals surface area contributed by atoms with Gasteiger partial charge in [0.05, 0.1) is 30.4 Å². The summed E-state index contributed by atoms with van der Waals surface area (Å²) in [6.07, 6.45) is 3.87. The van der Waals surface area contributed by atoms with Gasteiger partial charge in [0, 0.05) is 29.9 Å². The summed E-state index contributed by atoms with van der Waals surface area (Å²) in [6.45, 7) is 6.65. The molecule has 57 heavy (non-hydrogen) atoms. The molecule has 0 aliphatic carbocycles. The lowest BCUT2D eigenvalue weighted by Gasteiger charge is -2.31. The predicted octanol–water partition coefficient (Wildman–Crippen LogP) is 6.47. The summed E-state index contributed by atoms with van der Waals surface area (Å²) in [5.74, 6) is 0.932. The summed E-state index contributed by atoms with van der Waals surface area (Å²) >= 11 is 0. The van der Waals surface area contributed by atoms with Crippen molar-refractivity contribution >= 4 is 40.5 Å². The van der Waals surface area contributed by atoms with Crippen molar-refractivity contribution in [1.29, 1.82) is 0 Å². The first kappa shape index (κ1) is 39.2. The van der Waals surface area contributed by atoms with Crippen LogP contribution in [-0.2, 0) is 19.1 Å². The molecule has 4 heterocycles. The van der Waals surface area contributed by atoms with Gasteiger partial charge in [0.1, 0.15) is 23.9 Å². The smallest absolute Gasteiger partial charge is 0.407 e. The number of oxazole rings is 1. The quantitative estimate of drug-likeness (QED) is 0.136. The van der Waals surface area contributed by atoms with Crippen LogP contribution in [0.2, 0.25) is 0 Å². The second-order valence-corrected chi connectivity index (χ2v) is 15.4. The monoisotopic (exact) mass is 774 g/mol. The van der Waals surface area contributed by atoms with Crippen LogP contribution < -0.4 is 10.6 Å². The maximum Gasteiger partial charge on any atom is 0.407 e. The Morgan fingerprint density at radius 2 is 1.67 bits per heavy atom. The molecule has 3 N–H and O–H groups in total. The van der Waals surface area contributed by atoms with Gasteiger partial charge in [-0.05, 0) is 94.1 Å². The van der Waals surface area contributed by atoms with Crippen LogP contribution in [0.4, 0.5) is 10.5 Å². The van der Waals surface area contributed by atoms with E-state index in [4.69, 9.17) is 14.1 Å². The van der Waals surface area contributed by atoms with Crippen LogP contribution in [0.3, 0.4) is 0 Å². The molecular weight excluding hydrogens is 725 g/mol. The van der Waals surface area contributed by atoms with Crippen molar-refractivity contribution in [3.63, 3.8) is 0 Å². The number of aromatic nitrogens is 3. The SMILES string of the molecule is COC(=O)N[C@H](C(=O)N1CCC[C@H]1C(=O)Nc1cc(-c2ncc(-c3ccc4nc([C@@H]5CCCN5C(=O)[C@@H](c5ccccc5)N(C)C)[nH]c4c3)o2)ccc1C)C(C)C. The fourth-order valence-corrected chi connectivity index (χ4v) is 7.94. The van der Waals surface area contributed by atoms with Crippen LogP contribution in [0.25, 0.3) is 33.8 Å². The lowest BCUT2D eigenvalue weighted by Crippen LogP contribution is -2.54. The number of nitrogens with zero attached hydrogens (tertiary/aromatic N) is 5. The highest BCUT2D eigenvalue weighted by Gasteiger charge is 2.40. The molecule has 2 aliphatic heterocycles. The number of methoxy groups -OCH3 is 1. The van der Waals surface area contributed by atoms with Gasteiger partial charge in [0.15, 0.2) is 5.76 Å². The Bertz CT molecular complexity index is 2270. The van der Waals surface area contributed by atoms with E-state index in [2.05, 4.69) is 20.6 Å². The fourth-order valence-electron chi connectivity index (χ4n) is 7.94. The lowest BCUT2D eigenvalue weighted by molar-refractivity contribution is -0.139. The number of nitrogens with one attached hydrogen (secondary N) is 3. The third-order valence-electron chi connectivity index (χ3n) is 11.0. The van der Waals surface area contributed by atoms with Gasteiger partial charge in [-0.2, -0.15) is 0 Å². The summed E-state index contributed by atoms with van der Waals surface area (Å²) in [5, 5.41) is 5.65. The molecule has 5 aromatic rings. The van der Waals surface area contributed by atoms with E-state index in [0.717, 1.165) is 46.4 Å². The molecule has 14 heteroatoms. The van der Waals surface area contributed by atoms with E-state index < -0.39 is 24.2 Å². The van der Waals surface area contributed by atoms with Gasteiger partial charge in [-0.1, -0.05) is 50.2 Å². The Morgan fingerprint density at radius 1 is 0.930 bits per heavy atom. The molecule has 0 radical (unpaired) electrons. The highest BCUT2D eigenvalue weighted by molar-refractivity contribution is 5.99. The molecule has 2 saturated heterocycles. The molecule has 7 rings (SSSR count). The zero-order valence-electron chi connectivity index (χ0n) is 33.2. The number of aryl methyl sites for hydroxylation is 1. The van der Waals surface area contributed by atoms with Crippen LogP contribution in [-0.4, -0.2) is 99.8 Å². The first-order valence-corrected chi connectivity index (χ1v) is 19.5. The largest absolute Gasteiger partial charge is 0.453 e. The number of likely N-dealkylation sites (tertiary alicyclic amines) is 2. The molecule has 2 fully saturated rings. The number of fused-ring (bicyclic) bond motifs is 1. The number of likely N-dealkylation sites (N-methyl/N-ethyl adjacent to an activating group) is 1. The number of carbonyl (C=O) groups is 4. The number of H-pyrrole nitrogens is 1. The highest BCUT2D eigenvalue weighted by atomic mass is 16.5. The number of ether oxygens (including phenoxy) is 1.